The minimum absolute atomic E-state index is 0.0522. The average Bonchev–Trinajstić information content (AvgIpc) is 2.87. The predicted molar refractivity (Wildman–Crippen MR) is 106 cm³/mol. The molecule has 2 aliphatic carbocycles. The number of piperazine rings is 1. The molecule has 0 radical (unpaired) electrons. The molecule has 1 saturated heterocycles. The van der Waals surface area contributed by atoms with E-state index in [1.54, 1.807) is 17.9 Å². The third-order valence-electron chi connectivity index (χ3n) is 7.09. The molecule has 9 heteroatoms. The molecule has 5 atom stereocenters. The molecule has 1 heterocycles. The highest BCUT2D eigenvalue weighted by Gasteiger charge is 2.57. The second kappa shape index (κ2) is 8.30. The highest BCUT2D eigenvalue weighted by atomic mass is 35.5. The van der Waals surface area contributed by atoms with Gasteiger partial charge < -0.3 is 10.4 Å². The first-order valence-corrected chi connectivity index (χ1v) is 10.9. The molecule has 0 spiro atoms. The number of hydrogen-bond acceptors (Lipinski definition) is 4. The summed E-state index contributed by atoms with van der Waals surface area (Å²) in [5.41, 5.74) is 0.643. The second-order valence-corrected chi connectivity index (χ2v) is 9.18. The fourth-order valence-electron chi connectivity index (χ4n) is 5.37. The van der Waals surface area contributed by atoms with E-state index < -0.39 is 42.0 Å². The molecule has 2 saturated carbocycles. The molecule has 2 bridgehead atoms. The van der Waals surface area contributed by atoms with Crippen LogP contribution in [-0.2, 0) is 4.79 Å². The Labute approximate surface area is 179 Å². The Morgan fingerprint density at radius 2 is 1.97 bits per heavy atom. The van der Waals surface area contributed by atoms with E-state index in [1.165, 1.54) is 12.1 Å². The maximum Gasteiger partial charge on any atom is 0.253 e. The first kappa shape index (κ1) is 21.9. The number of halogens is 4. The number of rotatable bonds is 5. The van der Waals surface area contributed by atoms with E-state index in [4.69, 9.17) is 11.6 Å². The van der Waals surface area contributed by atoms with E-state index in [-0.39, 0.29) is 16.8 Å². The molecule has 3 aliphatic rings. The lowest BCUT2D eigenvalue weighted by Crippen LogP contribution is -2.61. The van der Waals surface area contributed by atoms with Gasteiger partial charge >= 0.3 is 0 Å². The molecule has 30 heavy (non-hydrogen) atoms. The zero-order valence-electron chi connectivity index (χ0n) is 16.8. The third-order valence-corrected chi connectivity index (χ3v) is 7.38. The van der Waals surface area contributed by atoms with Crippen LogP contribution in [0.3, 0.4) is 0 Å². The Morgan fingerprint density at radius 3 is 2.60 bits per heavy atom. The van der Waals surface area contributed by atoms with Crippen LogP contribution in [0.2, 0.25) is 5.02 Å². The van der Waals surface area contributed by atoms with Gasteiger partial charge in [-0.05, 0) is 56.2 Å². The van der Waals surface area contributed by atoms with Gasteiger partial charge in [0.05, 0.1) is 11.1 Å². The Bertz CT molecular complexity index is 796. The number of carbonyl (C=O) groups excluding carboxylic acids is 1. The van der Waals surface area contributed by atoms with Gasteiger partial charge in [0.15, 0.2) is 6.35 Å². The van der Waals surface area contributed by atoms with E-state index in [1.807, 2.05) is 0 Å². The van der Waals surface area contributed by atoms with Gasteiger partial charge in [0.1, 0.15) is 5.82 Å². The van der Waals surface area contributed by atoms with Crippen LogP contribution in [0.4, 0.5) is 13.2 Å². The Balaban J connectivity index is 1.59. The summed E-state index contributed by atoms with van der Waals surface area (Å²) in [5, 5.41) is 16.7. The lowest BCUT2D eigenvalue weighted by atomic mass is 9.73. The summed E-state index contributed by atoms with van der Waals surface area (Å²) >= 11 is 5.99. The number of aliphatic hydroxyl groups is 1. The molecule has 4 unspecified atom stereocenters. The fourth-order valence-corrected chi connectivity index (χ4v) is 5.56. The summed E-state index contributed by atoms with van der Waals surface area (Å²) in [5.74, 6) is -4.92. The summed E-state index contributed by atoms with van der Waals surface area (Å²) in [6, 6.07) is 3.29. The number of alkyl halides is 2. The van der Waals surface area contributed by atoms with Crippen LogP contribution >= 0.6 is 11.6 Å². The summed E-state index contributed by atoms with van der Waals surface area (Å²) in [6.45, 7) is 2.56. The normalized spacial score (nSPS) is 33.2. The molecule has 5 nitrogen and oxygen atoms in total. The second-order valence-electron chi connectivity index (χ2n) is 8.77. The maximum absolute atomic E-state index is 14.5. The molecule has 4 rings (SSSR count). The summed E-state index contributed by atoms with van der Waals surface area (Å²) in [7, 11) is 0. The van der Waals surface area contributed by atoms with Crippen LogP contribution in [-0.4, -0.2) is 47.3 Å². The van der Waals surface area contributed by atoms with Gasteiger partial charge in [-0.2, -0.15) is 0 Å². The highest BCUT2D eigenvalue weighted by molar-refractivity contribution is 6.30. The standard InChI is InChI=1S/C21H27ClF3N3O2/c1-11-19(29)26-6-7-28(11)20(30)27-18(12-2-5-17(23)16(22)10-12)13-8-14-3-4-15(9-13)21(14,24)25/h2,5,10-11,13-15,18,20,27,30H,3-4,6-9H2,1H3,(H,26,29)/t11-,13?,14?,15?,18?,20?/m1/s1. The van der Waals surface area contributed by atoms with Gasteiger partial charge in [-0.25, -0.2) is 13.2 Å². The molecule has 1 aromatic carbocycles. The summed E-state index contributed by atoms with van der Waals surface area (Å²) in [6.07, 6.45) is 0.478. The summed E-state index contributed by atoms with van der Waals surface area (Å²) < 4.78 is 42.7. The van der Waals surface area contributed by atoms with E-state index in [0.29, 0.717) is 44.3 Å². The topological polar surface area (TPSA) is 64.6 Å². The largest absolute Gasteiger partial charge is 0.365 e. The maximum atomic E-state index is 14.5. The van der Waals surface area contributed by atoms with Crippen molar-refractivity contribution >= 4 is 17.5 Å². The Morgan fingerprint density at radius 1 is 1.30 bits per heavy atom. The first-order valence-electron chi connectivity index (χ1n) is 10.5. The van der Waals surface area contributed by atoms with Crippen LogP contribution in [0.25, 0.3) is 0 Å². The van der Waals surface area contributed by atoms with E-state index in [9.17, 15) is 23.1 Å². The van der Waals surface area contributed by atoms with Gasteiger partial charge in [0, 0.05) is 31.0 Å². The number of nitrogens with zero attached hydrogens (tertiary/aromatic N) is 1. The van der Waals surface area contributed by atoms with E-state index in [0.717, 1.165) is 0 Å². The molecule has 0 aromatic heterocycles. The van der Waals surface area contributed by atoms with Gasteiger partial charge in [-0.15, -0.1) is 0 Å². The average molecular weight is 446 g/mol. The van der Waals surface area contributed by atoms with E-state index >= 15 is 0 Å². The van der Waals surface area contributed by atoms with Crippen LogP contribution < -0.4 is 10.6 Å². The molecular formula is C21H27ClF3N3O2. The lowest BCUT2D eigenvalue weighted by molar-refractivity contribution is -0.140. The van der Waals surface area contributed by atoms with Gasteiger partial charge in [-0.1, -0.05) is 17.7 Å². The van der Waals surface area contributed by atoms with Gasteiger partial charge in [-0.3, -0.25) is 15.0 Å². The van der Waals surface area contributed by atoms with Crippen LogP contribution in [0.15, 0.2) is 18.2 Å². The summed E-state index contributed by atoms with van der Waals surface area (Å²) in [4.78, 5) is 13.6. The number of aliphatic hydroxyl groups excluding tert-OH is 1. The molecule has 3 fully saturated rings. The molecule has 166 valence electrons. The zero-order chi connectivity index (χ0) is 21.6. The van der Waals surface area contributed by atoms with Crippen molar-refractivity contribution in [2.24, 2.45) is 17.8 Å². The van der Waals surface area contributed by atoms with Crippen molar-refractivity contribution in [2.75, 3.05) is 13.1 Å². The van der Waals surface area contributed by atoms with Crippen molar-refractivity contribution in [3.05, 3.63) is 34.6 Å². The SMILES string of the molecule is C[C@@H]1C(=O)NCCN1C(O)NC(c1ccc(F)c(Cl)c1)C1CC2CCC(C1)C2(F)F. The third kappa shape index (κ3) is 3.95. The molecule has 3 N–H and O–H groups in total. The molecule has 1 amide bonds. The van der Waals surface area contributed by atoms with Crippen molar-refractivity contribution in [1.82, 2.24) is 15.5 Å². The van der Waals surface area contributed by atoms with Crippen molar-refractivity contribution in [3.8, 4) is 0 Å². The molecule has 1 aromatic rings. The van der Waals surface area contributed by atoms with E-state index in [2.05, 4.69) is 10.6 Å². The van der Waals surface area contributed by atoms with Crippen molar-refractivity contribution in [1.29, 1.82) is 0 Å². The Kier molecular flexibility index (Phi) is 6.05. The number of hydrogen-bond donors (Lipinski definition) is 3. The number of nitrogens with one attached hydrogen (secondary N) is 2. The van der Waals surface area contributed by atoms with Crippen LogP contribution in [0, 0.1) is 23.6 Å². The van der Waals surface area contributed by atoms with Gasteiger partial charge in [0.25, 0.3) is 5.92 Å². The number of fused-ring (bicyclic) bond motifs is 2. The lowest BCUT2D eigenvalue weighted by Gasteiger charge is -2.42. The highest BCUT2D eigenvalue weighted by Crippen LogP contribution is 2.56. The quantitative estimate of drug-likeness (QED) is 0.609. The van der Waals surface area contributed by atoms with Crippen molar-refractivity contribution in [3.63, 3.8) is 0 Å². The monoisotopic (exact) mass is 445 g/mol. The predicted octanol–water partition coefficient (Wildman–Crippen LogP) is 3.28. The minimum Gasteiger partial charge on any atom is -0.365 e. The number of benzene rings is 1. The molecular weight excluding hydrogens is 419 g/mol. The number of carbonyl (C=O) groups is 1. The molecule has 1 aliphatic heterocycles. The van der Waals surface area contributed by atoms with Crippen molar-refractivity contribution in [2.45, 2.75) is 57.0 Å². The fraction of sp³-hybridized carbons (Fsp3) is 0.667. The zero-order valence-corrected chi connectivity index (χ0v) is 17.5. The number of amides is 1. The van der Waals surface area contributed by atoms with Crippen LogP contribution in [0.5, 0.6) is 0 Å². The van der Waals surface area contributed by atoms with Crippen molar-refractivity contribution < 1.29 is 23.1 Å². The smallest absolute Gasteiger partial charge is 0.253 e. The Hall–Kier alpha value is -1.35. The first-order chi connectivity index (χ1) is 14.2. The van der Waals surface area contributed by atoms with Gasteiger partial charge in [0.2, 0.25) is 5.91 Å². The van der Waals surface area contributed by atoms with Crippen LogP contribution in [0.1, 0.15) is 44.2 Å². The minimum atomic E-state index is -2.65.